The van der Waals surface area contributed by atoms with Gasteiger partial charge in [-0.15, -0.1) is 0 Å². The van der Waals surface area contributed by atoms with E-state index in [1.165, 1.54) is 39.8 Å². The number of Topliss-reactive ketones (excluding diaryl/α,β-unsaturated/α-hetero) is 1. The van der Waals surface area contributed by atoms with Gasteiger partial charge >= 0.3 is 23.9 Å². The molecule has 16 heteroatoms. The number of fused-ring (bicyclic) bond motifs is 5. The van der Waals surface area contributed by atoms with E-state index >= 15 is 4.79 Å². The van der Waals surface area contributed by atoms with Crippen molar-refractivity contribution in [3.8, 4) is 0 Å². The zero-order valence-corrected chi connectivity index (χ0v) is 30.1. The Labute approximate surface area is 302 Å². The number of ether oxygens (including phenoxy) is 5. The molecule has 0 aromatic heterocycles. The first-order valence-corrected chi connectivity index (χ1v) is 17.2. The molecule has 1 aromatic rings. The number of alkyl halides is 4. The van der Waals surface area contributed by atoms with E-state index in [1.54, 1.807) is 18.2 Å². The predicted octanol–water partition coefficient (Wildman–Crippen LogP) is 3.79. The van der Waals surface area contributed by atoms with E-state index in [4.69, 9.17) is 70.1 Å². The minimum absolute atomic E-state index is 0.0207. The van der Waals surface area contributed by atoms with Gasteiger partial charge in [0.25, 0.3) is 0 Å². The minimum Gasteiger partial charge on any atom is -0.459 e. The number of benzene rings is 1. The third-order valence-electron chi connectivity index (χ3n) is 10.7. The molecule has 49 heavy (non-hydrogen) atoms. The Balaban J connectivity index is 1.87. The van der Waals surface area contributed by atoms with E-state index in [0.717, 1.165) is 6.92 Å². The Morgan fingerprint density at radius 2 is 1.55 bits per heavy atom. The molecule has 1 heterocycles. The van der Waals surface area contributed by atoms with Crippen LogP contribution in [0.15, 0.2) is 41.5 Å². The van der Waals surface area contributed by atoms with E-state index in [0.29, 0.717) is 0 Å². The maximum Gasteiger partial charge on any atom is 0.340 e. The lowest BCUT2D eigenvalue weighted by Gasteiger charge is -2.67. The summed E-state index contributed by atoms with van der Waals surface area (Å²) in [4.78, 5) is 64.7. The SMILES string of the molecule is CC(=O)O[C@@]12CO[C@@H]1C[C@H](OC(=O)C(Cl)Cl)[C@@]1(C)C(=O)[C@H](OC(=O)C(Cl)Cl)C3=C(C)[C@@H](O)C[C@@](O)([C@@H](OC(=O)c4ccccc4)[C@H]21)C3(C)C. The summed E-state index contributed by atoms with van der Waals surface area (Å²) in [5, 5.41) is 24.6. The molecule has 5 rings (SSSR count). The molecule has 1 saturated heterocycles. The summed E-state index contributed by atoms with van der Waals surface area (Å²) in [6, 6.07) is 7.82. The second-order valence-corrected chi connectivity index (χ2v) is 15.8. The highest BCUT2D eigenvalue weighted by molar-refractivity contribution is 6.53. The number of esters is 4. The third-order valence-corrected chi connectivity index (χ3v) is 11.5. The summed E-state index contributed by atoms with van der Waals surface area (Å²) in [7, 11) is 0. The van der Waals surface area contributed by atoms with Crippen LogP contribution in [0.1, 0.15) is 57.8 Å². The summed E-state index contributed by atoms with van der Waals surface area (Å²) < 4.78 is 29.6. The molecule has 0 unspecified atom stereocenters. The molecule has 2 bridgehead atoms. The molecule has 0 radical (unpaired) electrons. The molecule has 1 aliphatic heterocycles. The molecule has 268 valence electrons. The van der Waals surface area contributed by atoms with Gasteiger partial charge in [-0.05, 0) is 37.1 Å². The Kier molecular flexibility index (Phi) is 10.2. The van der Waals surface area contributed by atoms with Crippen LogP contribution in [0, 0.1) is 16.7 Å². The van der Waals surface area contributed by atoms with Gasteiger partial charge in [0.05, 0.1) is 29.6 Å². The lowest BCUT2D eigenvalue weighted by molar-refractivity contribution is -0.346. The zero-order valence-electron chi connectivity index (χ0n) is 27.1. The number of aliphatic hydroxyl groups excluding tert-OH is 1. The summed E-state index contributed by atoms with van der Waals surface area (Å²) in [6.07, 6.45) is -8.38. The monoisotopic (exact) mass is 764 g/mol. The Morgan fingerprint density at radius 1 is 0.959 bits per heavy atom. The van der Waals surface area contributed by atoms with Crippen molar-refractivity contribution < 1.29 is 57.9 Å². The lowest BCUT2D eigenvalue weighted by Crippen LogP contribution is -2.82. The lowest BCUT2D eigenvalue weighted by atomic mass is 9.44. The number of halogens is 4. The van der Waals surface area contributed by atoms with Gasteiger partial charge in [0.2, 0.25) is 9.67 Å². The average Bonchev–Trinajstić information content (AvgIpc) is 3.02. The molecule has 12 nitrogen and oxygen atoms in total. The number of hydrogen-bond donors (Lipinski definition) is 2. The number of ketones is 1. The maximum absolute atomic E-state index is 15.4. The number of carbonyl (C=O) groups is 5. The van der Waals surface area contributed by atoms with E-state index < -0.39 is 104 Å². The standard InChI is InChI=1S/C33H36Cl4O12/c1-14-17(39)12-33(44)24(48-27(41)16-9-7-6-8-10-16)22-31(5,23(40)21(20(14)30(33,3)4)47-29(43)26(36)37)18(46-28(42)25(34)35)11-19-32(22,13-45-19)49-15(2)38/h6-10,17-19,21-22,24-26,39,44H,11-13H2,1-5H3/t17-,18-,19+,21+,22-,24-,31+,32-,33+/m0/s1. The number of aliphatic hydroxyl groups is 2. The van der Waals surface area contributed by atoms with Gasteiger partial charge < -0.3 is 33.9 Å². The van der Waals surface area contributed by atoms with E-state index in [2.05, 4.69) is 0 Å². The average molecular weight is 766 g/mol. The fourth-order valence-corrected chi connectivity index (χ4v) is 8.45. The molecular weight excluding hydrogens is 730 g/mol. The summed E-state index contributed by atoms with van der Waals surface area (Å²) in [5.74, 6) is -6.57. The minimum atomic E-state index is -2.29. The number of hydrogen-bond acceptors (Lipinski definition) is 12. The summed E-state index contributed by atoms with van der Waals surface area (Å²) in [5.41, 5.74) is -7.55. The molecule has 2 N–H and O–H groups in total. The van der Waals surface area contributed by atoms with Crippen LogP contribution in [0.3, 0.4) is 0 Å². The van der Waals surface area contributed by atoms with Gasteiger partial charge in [-0.3, -0.25) is 9.59 Å². The van der Waals surface area contributed by atoms with Crippen LogP contribution in [0.5, 0.6) is 0 Å². The van der Waals surface area contributed by atoms with Crippen molar-refractivity contribution in [1.29, 1.82) is 0 Å². The highest BCUT2D eigenvalue weighted by Gasteiger charge is 2.79. The van der Waals surface area contributed by atoms with Crippen molar-refractivity contribution in [1.82, 2.24) is 0 Å². The maximum atomic E-state index is 15.4. The van der Waals surface area contributed by atoms with Crippen LogP contribution in [0.2, 0.25) is 0 Å². The number of rotatable bonds is 7. The van der Waals surface area contributed by atoms with Gasteiger partial charge in [0.15, 0.2) is 17.5 Å². The van der Waals surface area contributed by atoms with Gasteiger partial charge in [-0.2, -0.15) is 0 Å². The van der Waals surface area contributed by atoms with E-state index in [9.17, 15) is 29.4 Å². The first-order valence-electron chi connectivity index (χ1n) is 15.4. The quantitative estimate of drug-likeness (QED) is 0.178. The fraction of sp³-hybridized carbons (Fsp3) is 0.606. The van der Waals surface area contributed by atoms with Crippen molar-refractivity contribution in [2.45, 2.75) is 98.9 Å². The first kappa shape index (κ1) is 37.8. The molecule has 9 atom stereocenters. The van der Waals surface area contributed by atoms with Gasteiger partial charge in [-0.1, -0.05) is 78.5 Å². The van der Waals surface area contributed by atoms with Crippen molar-refractivity contribution in [2.24, 2.45) is 16.7 Å². The molecule has 3 fully saturated rings. The van der Waals surface area contributed by atoms with Crippen molar-refractivity contribution in [3.63, 3.8) is 0 Å². The van der Waals surface area contributed by atoms with E-state index in [1.807, 2.05) is 0 Å². The highest BCUT2D eigenvalue weighted by Crippen LogP contribution is 2.64. The van der Waals surface area contributed by atoms with Crippen LogP contribution in [0.4, 0.5) is 0 Å². The second kappa shape index (κ2) is 13.3. The Hall–Kier alpha value is -2.45. The van der Waals surface area contributed by atoms with Crippen molar-refractivity contribution >= 4 is 76.1 Å². The summed E-state index contributed by atoms with van der Waals surface area (Å²) in [6.45, 7) is 6.75. The molecule has 1 aromatic carbocycles. The molecule has 2 saturated carbocycles. The van der Waals surface area contributed by atoms with Gasteiger partial charge in [0.1, 0.15) is 23.9 Å². The molecule has 4 aliphatic rings. The topological polar surface area (TPSA) is 172 Å². The van der Waals surface area contributed by atoms with Crippen molar-refractivity contribution in [3.05, 3.63) is 47.0 Å². The van der Waals surface area contributed by atoms with Crippen LogP contribution in [0.25, 0.3) is 0 Å². The zero-order chi connectivity index (χ0) is 36.4. The van der Waals surface area contributed by atoms with Crippen molar-refractivity contribution in [2.75, 3.05) is 6.61 Å². The second-order valence-electron chi connectivity index (χ2n) is 13.6. The first-order chi connectivity index (χ1) is 22.7. The van der Waals surface area contributed by atoms with Gasteiger partial charge in [0, 0.05) is 25.2 Å². The third kappa shape index (κ3) is 5.94. The summed E-state index contributed by atoms with van der Waals surface area (Å²) >= 11 is 23.5. The molecule has 3 aliphatic carbocycles. The normalized spacial score (nSPS) is 36.4. The van der Waals surface area contributed by atoms with Crippen LogP contribution in [-0.2, 0) is 42.9 Å². The van der Waals surface area contributed by atoms with E-state index in [-0.39, 0.29) is 29.7 Å². The number of carbonyl (C=O) groups excluding carboxylic acids is 5. The Morgan fingerprint density at radius 3 is 2.08 bits per heavy atom. The largest absolute Gasteiger partial charge is 0.459 e. The van der Waals surface area contributed by atoms with Crippen LogP contribution >= 0.6 is 46.4 Å². The smallest absolute Gasteiger partial charge is 0.340 e. The molecule has 0 spiro atoms. The highest BCUT2D eigenvalue weighted by atomic mass is 35.5. The van der Waals surface area contributed by atoms with Gasteiger partial charge in [-0.25, -0.2) is 14.4 Å². The molecular formula is C33H36Cl4O12. The van der Waals surface area contributed by atoms with Crippen LogP contribution in [-0.4, -0.2) is 97.9 Å². The molecule has 0 amide bonds. The fourth-order valence-electron chi connectivity index (χ4n) is 8.25. The Bertz CT molecular complexity index is 1580. The van der Waals surface area contributed by atoms with Crippen LogP contribution < -0.4 is 0 Å². The predicted molar refractivity (Wildman–Crippen MR) is 174 cm³/mol.